The summed E-state index contributed by atoms with van der Waals surface area (Å²) >= 11 is 0. The van der Waals surface area contributed by atoms with Gasteiger partial charge < -0.3 is 9.63 Å². The molecule has 11 heteroatoms. The molecule has 1 saturated heterocycles. The molecule has 6 rings (SSSR count). The van der Waals surface area contributed by atoms with E-state index in [4.69, 9.17) is 9.63 Å². The van der Waals surface area contributed by atoms with E-state index in [1.54, 1.807) is 47.4 Å². The van der Waals surface area contributed by atoms with Gasteiger partial charge in [0.15, 0.2) is 11.5 Å². The standard InChI is InChI=1S/C26H24FN7O3/c27-20-3-1-2-4-21(20)34-23(17-9-11-28-12-10-17)22(30-32-34)25-29-24(31-37-25)18-7-5-16(6-8-18)13-33-14-19(15-33)26(35)36/h1-7,9-12,18-21H,8,13-15H2,(H,35,36). The molecule has 1 aliphatic heterocycles. The summed E-state index contributed by atoms with van der Waals surface area (Å²) in [7, 11) is 0. The topological polar surface area (TPSA) is 123 Å². The van der Waals surface area contributed by atoms with Crippen molar-refractivity contribution in [2.24, 2.45) is 5.92 Å². The Morgan fingerprint density at radius 1 is 1.16 bits per heavy atom. The third-order valence-corrected chi connectivity index (χ3v) is 6.84. The first-order valence-corrected chi connectivity index (χ1v) is 12.1. The number of aliphatic carboxylic acids is 1. The molecular weight excluding hydrogens is 477 g/mol. The van der Waals surface area contributed by atoms with Crippen molar-refractivity contribution in [1.29, 1.82) is 0 Å². The molecule has 3 aliphatic rings. The van der Waals surface area contributed by atoms with Gasteiger partial charge in [0.25, 0.3) is 5.89 Å². The van der Waals surface area contributed by atoms with Crippen LogP contribution in [0.5, 0.6) is 0 Å². The first-order valence-electron chi connectivity index (χ1n) is 12.1. The lowest BCUT2D eigenvalue weighted by Crippen LogP contribution is -2.50. The molecule has 0 bridgehead atoms. The quantitative estimate of drug-likeness (QED) is 0.519. The highest BCUT2D eigenvalue weighted by atomic mass is 19.1. The van der Waals surface area contributed by atoms with Gasteiger partial charge in [-0.15, -0.1) is 5.10 Å². The second kappa shape index (κ2) is 9.66. The van der Waals surface area contributed by atoms with Crippen molar-refractivity contribution in [3.05, 3.63) is 78.5 Å². The molecule has 10 nitrogen and oxygen atoms in total. The highest BCUT2D eigenvalue weighted by molar-refractivity contribution is 5.74. The van der Waals surface area contributed by atoms with Crippen molar-refractivity contribution in [3.8, 4) is 22.8 Å². The zero-order valence-electron chi connectivity index (χ0n) is 19.8. The van der Waals surface area contributed by atoms with Gasteiger partial charge in [0.2, 0.25) is 0 Å². The van der Waals surface area contributed by atoms with E-state index < -0.39 is 18.2 Å². The predicted octanol–water partition coefficient (Wildman–Crippen LogP) is 3.38. The van der Waals surface area contributed by atoms with Crippen LogP contribution in [0.25, 0.3) is 22.8 Å². The monoisotopic (exact) mass is 501 g/mol. The number of hydrogen-bond acceptors (Lipinski definition) is 8. The van der Waals surface area contributed by atoms with Crippen LogP contribution in [0.1, 0.15) is 24.2 Å². The molecule has 1 fully saturated rings. The molecule has 3 aromatic rings. The summed E-state index contributed by atoms with van der Waals surface area (Å²) in [4.78, 5) is 21.8. The van der Waals surface area contributed by atoms with Gasteiger partial charge in [-0.1, -0.05) is 46.8 Å². The number of carbonyl (C=O) groups is 1. The maximum absolute atomic E-state index is 14.7. The van der Waals surface area contributed by atoms with Crippen LogP contribution in [-0.4, -0.2) is 71.9 Å². The van der Waals surface area contributed by atoms with Gasteiger partial charge >= 0.3 is 5.97 Å². The van der Waals surface area contributed by atoms with Crippen LogP contribution in [0.15, 0.2) is 77.2 Å². The number of alkyl halides is 1. The van der Waals surface area contributed by atoms with E-state index in [9.17, 15) is 9.18 Å². The number of carboxylic acids is 1. The summed E-state index contributed by atoms with van der Waals surface area (Å²) < 4.78 is 21.9. The zero-order valence-corrected chi connectivity index (χ0v) is 19.8. The Bertz CT molecular complexity index is 1420. The van der Waals surface area contributed by atoms with Crippen LogP contribution in [0.3, 0.4) is 0 Å². The van der Waals surface area contributed by atoms with Gasteiger partial charge in [0.05, 0.1) is 5.92 Å². The summed E-state index contributed by atoms with van der Waals surface area (Å²) in [6, 6.07) is 2.95. The number of allylic oxidation sites excluding steroid dienone is 6. The molecule has 3 aromatic heterocycles. The number of carboxylic acid groups (broad SMARTS) is 1. The summed E-state index contributed by atoms with van der Waals surface area (Å²) in [5.74, 6) is -0.334. The maximum atomic E-state index is 14.7. The van der Waals surface area contributed by atoms with E-state index in [1.165, 1.54) is 6.08 Å². The Morgan fingerprint density at radius 3 is 2.70 bits per heavy atom. The summed E-state index contributed by atoms with van der Waals surface area (Å²) in [5.41, 5.74) is 2.84. The normalized spacial score (nSPS) is 23.7. The fourth-order valence-corrected chi connectivity index (χ4v) is 4.78. The van der Waals surface area contributed by atoms with Crippen LogP contribution in [-0.2, 0) is 4.79 Å². The van der Waals surface area contributed by atoms with E-state index >= 15 is 0 Å². The Hall–Kier alpha value is -4.25. The van der Waals surface area contributed by atoms with Crippen LogP contribution in [0, 0.1) is 5.92 Å². The highest BCUT2D eigenvalue weighted by Crippen LogP contribution is 2.35. The van der Waals surface area contributed by atoms with Gasteiger partial charge in [-0.05, 0) is 30.2 Å². The molecule has 3 atom stereocenters. The maximum Gasteiger partial charge on any atom is 0.309 e. The van der Waals surface area contributed by atoms with Gasteiger partial charge in [0.1, 0.15) is 17.9 Å². The smallest absolute Gasteiger partial charge is 0.309 e. The number of likely N-dealkylation sites (tertiary alicyclic amines) is 1. The number of aromatic nitrogens is 6. The minimum atomic E-state index is -1.25. The lowest BCUT2D eigenvalue weighted by atomic mass is 9.94. The summed E-state index contributed by atoms with van der Waals surface area (Å²) in [6.07, 6.45) is 15.6. The van der Waals surface area contributed by atoms with Crippen LogP contribution in [0.2, 0.25) is 0 Å². The minimum absolute atomic E-state index is 0.0644. The molecule has 4 heterocycles. The van der Waals surface area contributed by atoms with Gasteiger partial charge in [-0.2, -0.15) is 4.98 Å². The fraction of sp³-hybridized carbons (Fsp3) is 0.308. The minimum Gasteiger partial charge on any atom is -0.481 e. The number of nitrogens with zero attached hydrogens (tertiary/aromatic N) is 7. The SMILES string of the molecule is O=C(O)C1CN(CC2=CCC(c3noc(-c4nnn(C5C=CC=CC5F)c4-c4ccncc4)n3)C=C2)C1. The van der Waals surface area contributed by atoms with Gasteiger partial charge in [-0.25, -0.2) is 9.07 Å². The molecule has 0 saturated carbocycles. The molecule has 188 valence electrons. The van der Waals surface area contributed by atoms with Crippen molar-refractivity contribution in [2.45, 2.75) is 24.6 Å². The second-order valence-electron chi connectivity index (χ2n) is 9.34. The first kappa shape index (κ1) is 23.2. The first-order chi connectivity index (χ1) is 18.1. The predicted molar refractivity (Wildman–Crippen MR) is 131 cm³/mol. The molecule has 2 aliphatic carbocycles. The van der Waals surface area contributed by atoms with E-state index in [-0.39, 0.29) is 17.7 Å². The van der Waals surface area contributed by atoms with E-state index in [1.807, 2.05) is 12.2 Å². The molecule has 3 unspecified atom stereocenters. The third kappa shape index (κ3) is 4.53. The summed E-state index contributed by atoms with van der Waals surface area (Å²) in [6.45, 7) is 1.88. The average molecular weight is 502 g/mol. The largest absolute Gasteiger partial charge is 0.481 e. The summed E-state index contributed by atoms with van der Waals surface area (Å²) in [5, 5.41) is 21.8. The van der Waals surface area contributed by atoms with Crippen molar-refractivity contribution < 1.29 is 18.8 Å². The Morgan fingerprint density at radius 2 is 1.97 bits per heavy atom. The van der Waals surface area contributed by atoms with Gasteiger partial charge in [0, 0.05) is 43.5 Å². The Balaban J connectivity index is 1.22. The van der Waals surface area contributed by atoms with E-state index in [2.05, 4.69) is 36.4 Å². The molecule has 0 aromatic carbocycles. The third-order valence-electron chi connectivity index (χ3n) is 6.84. The number of rotatable bonds is 7. The lowest BCUT2D eigenvalue weighted by Gasteiger charge is -2.37. The number of hydrogen-bond donors (Lipinski definition) is 1. The zero-order chi connectivity index (χ0) is 25.4. The van der Waals surface area contributed by atoms with E-state index in [0.29, 0.717) is 36.7 Å². The lowest BCUT2D eigenvalue weighted by molar-refractivity contribution is -0.147. The van der Waals surface area contributed by atoms with Crippen molar-refractivity contribution >= 4 is 5.97 Å². The second-order valence-corrected chi connectivity index (χ2v) is 9.34. The average Bonchev–Trinajstić information content (AvgIpc) is 3.55. The van der Waals surface area contributed by atoms with Crippen LogP contribution >= 0.6 is 0 Å². The molecular formula is C26H24FN7O3. The van der Waals surface area contributed by atoms with Crippen molar-refractivity contribution in [3.63, 3.8) is 0 Å². The molecule has 0 spiro atoms. The van der Waals surface area contributed by atoms with Crippen LogP contribution < -0.4 is 0 Å². The highest BCUT2D eigenvalue weighted by Gasteiger charge is 2.33. The van der Waals surface area contributed by atoms with E-state index in [0.717, 1.165) is 17.7 Å². The Labute approximate surface area is 211 Å². The fourth-order valence-electron chi connectivity index (χ4n) is 4.78. The number of halogens is 1. The van der Waals surface area contributed by atoms with Crippen LogP contribution in [0.4, 0.5) is 4.39 Å². The molecule has 1 N–H and O–H groups in total. The van der Waals surface area contributed by atoms with Crippen molar-refractivity contribution in [2.75, 3.05) is 19.6 Å². The molecule has 0 amide bonds. The van der Waals surface area contributed by atoms with Gasteiger partial charge in [-0.3, -0.25) is 14.7 Å². The molecule has 0 radical (unpaired) electrons. The Kier molecular flexibility index (Phi) is 6.05. The molecule has 37 heavy (non-hydrogen) atoms. The van der Waals surface area contributed by atoms with Crippen molar-refractivity contribution in [1.82, 2.24) is 35.0 Å². The number of pyridine rings is 1.